The molecule has 0 amide bonds. The Morgan fingerprint density at radius 1 is 0.500 bits per heavy atom. The molecule has 0 aliphatic heterocycles. The van der Waals surface area contributed by atoms with Gasteiger partial charge >= 0.3 is 0 Å². The van der Waals surface area contributed by atoms with Crippen molar-refractivity contribution in [3.63, 3.8) is 0 Å². The molecule has 0 fully saturated rings. The molecule has 0 saturated carbocycles. The molecular weight excluding hydrogens is 516 g/mol. The highest BCUT2D eigenvalue weighted by Crippen LogP contribution is 2.38. The topological polar surface area (TPSA) is 66.0 Å². The van der Waals surface area contributed by atoms with Crippen molar-refractivity contribution >= 4 is 0 Å². The van der Waals surface area contributed by atoms with Gasteiger partial charge in [-0.25, -0.2) is 0 Å². The first-order valence-corrected chi connectivity index (χ1v) is 15.2. The van der Waals surface area contributed by atoms with Crippen molar-refractivity contribution in [1.29, 1.82) is 10.5 Å². The van der Waals surface area contributed by atoms with Gasteiger partial charge in [0.2, 0.25) is 0 Å². The lowest BCUT2D eigenvalue weighted by molar-refractivity contribution is 0.306. The standard InChI is InChI=1S/C38H40N2O2/c1-3-5-7-13-23-41-37-18-12-11-17-35(37)34-21-19-29(25-32(34)28-40)30-20-22-36(33-16-10-9-15-31(33)27-39)38(26-30)42-24-14-8-6-4-2/h9-12,15-22,25-26H,3-8,13-14,23-24H2,1-2H3. The molecular formula is C38H40N2O2. The summed E-state index contributed by atoms with van der Waals surface area (Å²) < 4.78 is 12.5. The summed E-state index contributed by atoms with van der Waals surface area (Å²) in [5.74, 6) is 1.55. The zero-order valence-corrected chi connectivity index (χ0v) is 24.9. The number of nitriles is 2. The number of rotatable bonds is 15. The zero-order valence-electron chi connectivity index (χ0n) is 24.9. The van der Waals surface area contributed by atoms with Crippen molar-refractivity contribution in [1.82, 2.24) is 0 Å². The molecule has 0 unspecified atom stereocenters. The molecule has 0 N–H and O–H groups in total. The Bertz CT molecular complexity index is 1540. The highest BCUT2D eigenvalue weighted by molar-refractivity contribution is 5.82. The van der Waals surface area contributed by atoms with Crippen molar-refractivity contribution in [2.24, 2.45) is 0 Å². The van der Waals surface area contributed by atoms with Crippen molar-refractivity contribution < 1.29 is 9.47 Å². The van der Waals surface area contributed by atoms with Crippen LogP contribution in [0.2, 0.25) is 0 Å². The van der Waals surface area contributed by atoms with E-state index in [2.05, 4.69) is 32.1 Å². The van der Waals surface area contributed by atoms with E-state index in [0.717, 1.165) is 70.6 Å². The van der Waals surface area contributed by atoms with Gasteiger partial charge in [0.05, 0.1) is 36.5 Å². The van der Waals surface area contributed by atoms with Gasteiger partial charge in [0.15, 0.2) is 0 Å². The fourth-order valence-corrected chi connectivity index (χ4v) is 5.15. The molecule has 4 nitrogen and oxygen atoms in total. The molecule has 0 aromatic heterocycles. The Morgan fingerprint density at radius 2 is 1.02 bits per heavy atom. The van der Waals surface area contributed by atoms with E-state index in [-0.39, 0.29) is 0 Å². The molecule has 0 saturated heterocycles. The lowest BCUT2D eigenvalue weighted by Crippen LogP contribution is -2.00. The molecule has 0 aliphatic carbocycles. The molecule has 0 spiro atoms. The van der Waals surface area contributed by atoms with Crippen LogP contribution < -0.4 is 9.47 Å². The minimum atomic E-state index is 0.593. The molecule has 42 heavy (non-hydrogen) atoms. The summed E-state index contributed by atoms with van der Waals surface area (Å²) in [7, 11) is 0. The summed E-state index contributed by atoms with van der Waals surface area (Å²) in [5.41, 5.74) is 6.64. The predicted molar refractivity (Wildman–Crippen MR) is 171 cm³/mol. The van der Waals surface area contributed by atoms with Gasteiger partial charge in [0, 0.05) is 22.3 Å². The second kappa shape index (κ2) is 16.0. The van der Waals surface area contributed by atoms with Crippen molar-refractivity contribution in [3.05, 3.63) is 96.1 Å². The Morgan fingerprint density at radius 3 is 1.69 bits per heavy atom. The number of unbranched alkanes of at least 4 members (excludes halogenated alkanes) is 6. The van der Waals surface area contributed by atoms with Crippen LogP contribution in [-0.2, 0) is 0 Å². The molecule has 0 radical (unpaired) electrons. The lowest BCUT2D eigenvalue weighted by atomic mass is 9.93. The van der Waals surface area contributed by atoms with Crippen LogP contribution in [0.3, 0.4) is 0 Å². The Hall–Kier alpha value is -4.54. The summed E-state index contributed by atoms with van der Waals surface area (Å²) in [4.78, 5) is 0. The fourth-order valence-electron chi connectivity index (χ4n) is 5.15. The molecule has 214 valence electrons. The Labute approximate surface area is 251 Å². The Kier molecular flexibility index (Phi) is 11.6. The highest BCUT2D eigenvalue weighted by atomic mass is 16.5. The van der Waals surface area contributed by atoms with Crippen LogP contribution in [0.1, 0.15) is 76.3 Å². The molecule has 4 aromatic carbocycles. The van der Waals surface area contributed by atoms with Gasteiger partial charge in [-0.2, -0.15) is 10.5 Å². The van der Waals surface area contributed by atoms with Crippen LogP contribution in [0.5, 0.6) is 11.5 Å². The molecule has 0 bridgehead atoms. The number of hydrogen-bond donors (Lipinski definition) is 0. The van der Waals surface area contributed by atoms with E-state index in [0.29, 0.717) is 24.3 Å². The predicted octanol–water partition coefficient (Wildman–Crippen LogP) is 10.3. The maximum Gasteiger partial charge on any atom is 0.127 e. The average molecular weight is 557 g/mol. The number of hydrogen-bond acceptors (Lipinski definition) is 4. The monoisotopic (exact) mass is 556 g/mol. The van der Waals surface area contributed by atoms with E-state index in [1.807, 2.05) is 78.9 Å². The van der Waals surface area contributed by atoms with E-state index >= 15 is 0 Å². The number of nitrogens with zero attached hydrogens (tertiary/aromatic N) is 2. The van der Waals surface area contributed by atoms with Crippen LogP contribution in [0, 0.1) is 22.7 Å². The first-order valence-electron chi connectivity index (χ1n) is 15.2. The normalized spacial score (nSPS) is 10.6. The first-order chi connectivity index (χ1) is 20.7. The molecule has 4 aromatic rings. The van der Waals surface area contributed by atoms with Gasteiger partial charge in [-0.1, -0.05) is 107 Å². The third kappa shape index (κ3) is 7.80. The fraction of sp³-hybridized carbons (Fsp3) is 0.316. The van der Waals surface area contributed by atoms with Gasteiger partial charge in [-0.05, 0) is 54.3 Å². The molecule has 0 aliphatic rings. The van der Waals surface area contributed by atoms with Crippen LogP contribution in [0.4, 0.5) is 0 Å². The maximum absolute atomic E-state index is 10.2. The van der Waals surface area contributed by atoms with Gasteiger partial charge in [-0.15, -0.1) is 0 Å². The van der Waals surface area contributed by atoms with Crippen LogP contribution in [0.15, 0.2) is 84.9 Å². The summed E-state index contributed by atoms with van der Waals surface area (Å²) in [5, 5.41) is 19.9. The second-order valence-corrected chi connectivity index (χ2v) is 10.6. The first kappa shape index (κ1) is 30.4. The van der Waals surface area contributed by atoms with Gasteiger partial charge in [0.25, 0.3) is 0 Å². The summed E-state index contributed by atoms with van der Waals surface area (Å²) in [6.07, 6.45) is 9.03. The third-order valence-electron chi connectivity index (χ3n) is 7.48. The lowest BCUT2D eigenvalue weighted by Gasteiger charge is -2.16. The van der Waals surface area contributed by atoms with Gasteiger partial charge < -0.3 is 9.47 Å². The SMILES string of the molecule is CCCCCCOc1ccccc1-c1ccc(-c2ccc(-c3ccccc3C#N)c(OCCCCCC)c2)cc1C#N. The van der Waals surface area contributed by atoms with E-state index in [1.54, 1.807) is 0 Å². The summed E-state index contributed by atoms with van der Waals surface area (Å²) in [6, 6.07) is 32.4. The third-order valence-corrected chi connectivity index (χ3v) is 7.48. The Balaban J connectivity index is 1.66. The van der Waals surface area contributed by atoms with E-state index in [9.17, 15) is 10.5 Å². The maximum atomic E-state index is 10.2. The quantitative estimate of drug-likeness (QED) is 0.137. The van der Waals surface area contributed by atoms with Crippen LogP contribution in [-0.4, -0.2) is 13.2 Å². The van der Waals surface area contributed by atoms with Crippen LogP contribution >= 0.6 is 0 Å². The van der Waals surface area contributed by atoms with E-state index in [1.165, 1.54) is 25.7 Å². The number of benzene rings is 4. The molecule has 4 rings (SSSR count). The van der Waals surface area contributed by atoms with Gasteiger partial charge in [0.1, 0.15) is 11.5 Å². The van der Waals surface area contributed by atoms with Crippen LogP contribution in [0.25, 0.3) is 33.4 Å². The summed E-state index contributed by atoms with van der Waals surface area (Å²) >= 11 is 0. The number of para-hydroxylation sites is 1. The van der Waals surface area contributed by atoms with E-state index < -0.39 is 0 Å². The zero-order chi connectivity index (χ0) is 29.6. The minimum absolute atomic E-state index is 0.593. The van der Waals surface area contributed by atoms with Gasteiger partial charge in [-0.3, -0.25) is 0 Å². The van der Waals surface area contributed by atoms with E-state index in [4.69, 9.17) is 9.47 Å². The molecule has 0 heterocycles. The largest absolute Gasteiger partial charge is 0.493 e. The second-order valence-electron chi connectivity index (χ2n) is 10.6. The van der Waals surface area contributed by atoms with Crippen molar-refractivity contribution in [2.75, 3.05) is 13.2 Å². The number of ether oxygens (including phenoxy) is 2. The minimum Gasteiger partial charge on any atom is -0.493 e. The molecule has 0 atom stereocenters. The molecule has 4 heteroatoms. The van der Waals surface area contributed by atoms with Crippen molar-refractivity contribution in [2.45, 2.75) is 65.2 Å². The smallest absolute Gasteiger partial charge is 0.127 e. The average Bonchev–Trinajstić information content (AvgIpc) is 3.04. The highest BCUT2D eigenvalue weighted by Gasteiger charge is 2.15. The van der Waals surface area contributed by atoms with Crippen molar-refractivity contribution in [3.8, 4) is 57.0 Å². The summed E-state index contributed by atoms with van der Waals surface area (Å²) in [6.45, 7) is 5.68.